The number of hydrogen-bond acceptors (Lipinski definition) is 4. The second-order valence-corrected chi connectivity index (χ2v) is 8.94. The SMILES string of the molecule is CC(C)Oc1ccc(NC(=NCC(=O)NC(C)(C)C)NCC2CCCN2C)cc1. The molecule has 1 saturated heterocycles. The van der Waals surface area contributed by atoms with Gasteiger partial charge in [-0.15, -0.1) is 0 Å². The molecule has 1 aliphatic heterocycles. The summed E-state index contributed by atoms with van der Waals surface area (Å²) in [5.41, 5.74) is 0.621. The topological polar surface area (TPSA) is 78.0 Å². The van der Waals surface area contributed by atoms with Crippen LogP contribution in [0, 0.1) is 0 Å². The number of amides is 1. The Morgan fingerprint density at radius 2 is 1.97 bits per heavy atom. The number of anilines is 1. The van der Waals surface area contributed by atoms with Gasteiger partial charge < -0.3 is 25.6 Å². The van der Waals surface area contributed by atoms with E-state index in [1.54, 1.807) is 0 Å². The van der Waals surface area contributed by atoms with E-state index in [1.165, 1.54) is 12.8 Å². The van der Waals surface area contributed by atoms with Gasteiger partial charge in [-0.1, -0.05) is 0 Å². The number of benzene rings is 1. The van der Waals surface area contributed by atoms with E-state index in [0.29, 0.717) is 12.0 Å². The minimum Gasteiger partial charge on any atom is -0.491 e. The lowest BCUT2D eigenvalue weighted by molar-refractivity contribution is -0.121. The number of nitrogens with one attached hydrogen (secondary N) is 3. The van der Waals surface area contributed by atoms with E-state index in [1.807, 2.05) is 58.9 Å². The highest BCUT2D eigenvalue weighted by molar-refractivity contribution is 5.95. The monoisotopic (exact) mass is 403 g/mol. The van der Waals surface area contributed by atoms with Crippen LogP contribution in [0.15, 0.2) is 29.3 Å². The average Bonchev–Trinajstić information content (AvgIpc) is 3.02. The van der Waals surface area contributed by atoms with Crippen molar-refractivity contribution in [3.63, 3.8) is 0 Å². The molecular weight excluding hydrogens is 366 g/mol. The fourth-order valence-electron chi connectivity index (χ4n) is 3.23. The molecule has 0 radical (unpaired) electrons. The fraction of sp³-hybridized carbons (Fsp3) is 0.636. The number of nitrogens with zero attached hydrogens (tertiary/aromatic N) is 2. The molecule has 0 aliphatic carbocycles. The molecule has 0 aromatic heterocycles. The van der Waals surface area contributed by atoms with Crippen LogP contribution in [0.5, 0.6) is 5.75 Å². The molecule has 1 unspecified atom stereocenters. The van der Waals surface area contributed by atoms with Crippen molar-refractivity contribution in [1.29, 1.82) is 0 Å². The summed E-state index contributed by atoms with van der Waals surface area (Å²) in [4.78, 5) is 19.0. The van der Waals surface area contributed by atoms with Crippen LogP contribution in [0.4, 0.5) is 5.69 Å². The lowest BCUT2D eigenvalue weighted by atomic mass is 10.1. The summed E-state index contributed by atoms with van der Waals surface area (Å²) in [6.45, 7) is 11.9. The molecule has 29 heavy (non-hydrogen) atoms. The predicted molar refractivity (Wildman–Crippen MR) is 120 cm³/mol. The highest BCUT2D eigenvalue weighted by atomic mass is 16.5. The number of likely N-dealkylation sites (tertiary alicyclic amines) is 1. The van der Waals surface area contributed by atoms with Crippen molar-refractivity contribution in [3.05, 3.63) is 24.3 Å². The number of aliphatic imine (C=N–C) groups is 1. The van der Waals surface area contributed by atoms with Gasteiger partial charge in [0.1, 0.15) is 12.3 Å². The summed E-state index contributed by atoms with van der Waals surface area (Å²) in [6.07, 6.45) is 2.52. The van der Waals surface area contributed by atoms with E-state index in [4.69, 9.17) is 4.74 Å². The molecule has 1 aromatic carbocycles. The number of carbonyl (C=O) groups is 1. The van der Waals surface area contributed by atoms with Crippen LogP contribution in [-0.4, -0.2) is 61.1 Å². The second-order valence-electron chi connectivity index (χ2n) is 8.94. The van der Waals surface area contributed by atoms with Crippen molar-refractivity contribution < 1.29 is 9.53 Å². The van der Waals surface area contributed by atoms with Crippen molar-refractivity contribution in [3.8, 4) is 5.75 Å². The quantitative estimate of drug-likeness (QED) is 0.482. The van der Waals surface area contributed by atoms with Crippen LogP contribution in [0.2, 0.25) is 0 Å². The number of hydrogen-bond donors (Lipinski definition) is 3. The third-order valence-electron chi connectivity index (χ3n) is 4.56. The van der Waals surface area contributed by atoms with Gasteiger partial charge in [-0.3, -0.25) is 4.79 Å². The van der Waals surface area contributed by atoms with E-state index in [-0.39, 0.29) is 24.1 Å². The van der Waals surface area contributed by atoms with Gasteiger partial charge in [-0.05, 0) is 85.3 Å². The van der Waals surface area contributed by atoms with Gasteiger partial charge in [0, 0.05) is 23.8 Å². The molecule has 0 spiro atoms. The summed E-state index contributed by atoms with van der Waals surface area (Å²) in [6, 6.07) is 8.23. The van der Waals surface area contributed by atoms with E-state index < -0.39 is 0 Å². The lowest BCUT2D eigenvalue weighted by Gasteiger charge is -2.22. The summed E-state index contributed by atoms with van der Waals surface area (Å²) < 4.78 is 5.69. The molecule has 1 amide bonds. The fourth-order valence-corrected chi connectivity index (χ4v) is 3.23. The summed E-state index contributed by atoms with van der Waals surface area (Å²) in [7, 11) is 2.15. The predicted octanol–water partition coefficient (Wildman–Crippen LogP) is 2.84. The largest absolute Gasteiger partial charge is 0.491 e. The van der Waals surface area contributed by atoms with Gasteiger partial charge in [0.15, 0.2) is 5.96 Å². The Balaban J connectivity index is 2.02. The first-order valence-electron chi connectivity index (χ1n) is 10.5. The first-order valence-corrected chi connectivity index (χ1v) is 10.5. The first kappa shape index (κ1) is 23.0. The molecule has 7 heteroatoms. The van der Waals surface area contributed by atoms with Crippen LogP contribution in [0.3, 0.4) is 0 Å². The zero-order valence-electron chi connectivity index (χ0n) is 18.7. The second kappa shape index (κ2) is 10.5. The Morgan fingerprint density at radius 3 is 2.52 bits per heavy atom. The third kappa shape index (κ3) is 8.73. The molecule has 2 rings (SSSR count). The van der Waals surface area contributed by atoms with Gasteiger partial charge in [0.2, 0.25) is 5.91 Å². The number of carbonyl (C=O) groups excluding carboxylic acids is 1. The maximum Gasteiger partial charge on any atom is 0.242 e. The van der Waals surface area contributed by atoms with Crippen molar-refractivity contribution in [2.45, 2.75) is 65.1 Å². The van der Waals surface area contributed by atoms with E-state index in [0.717, 1.165) is 24.5 Å². The number of rotatable bonds is 7. The Morgan fingerprint density at radius 1 is 1.28 bits per heavy atom. The van der Waals surface area contributed by atoms with Gasteiger partial charge in [0.05, 0.1) is 6.10 Å². The van der Waals surface area contributed by atoms with Gasteiger partial charge in [-0.2, -0.15) is 0 Å². The highest BCUT2D eigenvalue weighted by Gasteiger charge is 2.21. The smallest absolute Gasteiger partial charge is 0.242 e. The summed E-state index contributed by atoms with van der Waals surface area (Å²) in [5, 5.41) is 9.63. The number of likely N-dealkylation sites (N-methyl/N-ethyl adjacent to an activating group) is 1. The minimum atomic E-state index is -0.271. The summed E-state index contributed by atoms with van der Waals surface area (Å²) in [5.74, 6) is 1.33. The first-order chi connectivity index (χ1) is 13.6. The lowest BCUT2D eigenvalue weighted by Crippen LogP contribution is -2.43. The molecule has 1 fully saturated rings. The van der Waals surface area contributed by atoms with Gasteiger partial charge >= 0.3 is 0 Å². The van der Waals surface area contributed by atoms with Crippen LogP contribution >= 0.6 is 0 Å². The van der Waals surface area contributed by atoms with Crippen molar-refractivity contribution in [2.75, 3.05) is 32.0 Å². The third-order valence-corrected chi connectivity index (χ3v) is 4.56. The van der Waals surface area contributed by atoms with Crippen LogP contribution in [0.1, 0.15) is 47.5 Å². The molecule has 1 atom stereocenters. The van der Waals surface area contributed by atoms with Gasteiger partial charge in [-0.25, -0.2) is 4.99 Å². The molecule has 162 valence electrons. The van der Waals surface area contributed by atoms with Crippen LogP contribution < -0.4 is 20.7 Å². The number of ether oxygens (including phenoxy) is 1. The molecule has 1 aliphatic rings. The maximum absolute atomic E-state index is 12.2. The van der Waals surface area contributed by atoms with Crippen LogP contribution in [-0.2, 0) is 4.79 Å². The number of guanidine groups is 1. The Bertz CT molecular complexity index is 679. The van der Waals surface area contributed by atoms with E-state index in [9.17, 15) is 4.79 Å². The van der Waals surface area contributed by atoms with Gasteiger partial charge in [0.25, 0.3) is 0 Å². The van der Waals surface area contributed by atoms with Crippen molar-refractivity contribution in [1.82, 2.24) is 15.5 Å². The maximum atomic E-state index is 12.2. The Kier molecular flexibility index (Phi) is 8.32. The molecular formula is C22H37N5O2. The van der Waals surface area contributed by atoms with Crippen molar-refractivity contribution >= 4 is 17.6 Å². The minimum absolute atomic E-state index is 0.0711. The zero-order valence-corrected chi connectivity index (χ0v) is 18.7. The summed E-state index contributed by atoms with van der Waals surface area (Å²) >= 11 is 0. The van der Waals surface area contributed by atoms with E-state index >= 15 is 0 Å². The van der Waals surface area contributed by atoms with Crippen LogP contribution in [0.25, 0.3) is 0 Å². The molecule has 1 heterocycles. The molecule has 0 bridgehead atoms. The zero-order chi connectivity index (χ0) is 21.4. The Labute approximate surface area is 175 Å². The molecule has 0 saturated carbocycles. The Hall–Kier alpha value is -2.28. The van der Waals surface area contributed by atoms with E-state index in [2.05, 4.69) is 32.9 Å². The highest BCUT2D eigenvalue weighted by Crippen LogP contribution is 2.17. The molecule has 3 N–H and O–H groups in total. The average molecular weight is 404 g/mol. The standard InChI is InChI=1S/C22H37N5O2/c1-16(2)29-19-11-9-17(10-12-19)25-21(23-14-18-8-7-13-27(18)6)24-15-20(28)26-22(3,4)5/h9-12,16,18H,7-8,13-15H2,1-6H3,(H,26,28)(H2,23,24,25). The van der Waals surface area contributed by atoms with Crippen molar-refractivity contribution in [2.24, 2.45) is 4.99 Å². The normalized spacial score (nSPS) is 18.0. The molecule has 1 aromatic rings. The molecule has 7 nitrogen and oxygen atoms in total.